The summed E-state index contributed by atoms with van der Waals surface area (Å²) in [6.07, 6.45) is 0. The molecule has 0 amide bonds. The normalized spacial score (nSPS) is 10.7. The Balaban J connectivity index is 1.86. The van der Waals surface area contributed by atoms with Crippen LogP contribution in [0.25, 0.3) is 44.5 Å². The quantitative estimate of drug-likeness (QED) is 0.285. The van der Waals surface area contributed by atoms with Crippen LogP contribution in [0.1, 0.15) is 5.56 Å². The van der Waals surface area contributed by atoms with Crippen molar-refractivity contribution in [2.75, 3.05) is 0 Å². The van der Waals surface area contributed by atoms with E-state index in [1.54, 1.807) is 0 Å². The minimum Gasteiger partial charge on any atom is -0.0622 e. The Hall–Kier alpha value is -3.90. The SMILES string of the molecule is Cc1ccc(-c2cc(-c3ccccc3)c(-c3ccccc3)c(-c3ccccc3)c2)cc1. The van der Waals surface area contributed by atoms with E-state index in [0.29, 0.717) is 0 Å². The fourth-order valence-corrected chi connectivity index (χ4v) is 4.16. The smallest absolute Gasteiger partial charge is 0.00264 e. The summed E-state index contributed by atoms with van der Waals surface area (Å²) in [5.41, 5.74) is 11.2. The van der Waals surface area contributed by atoms with E-state index < -0.39 is 0 Å². The fraction of sp³-hybridized carbons (Fsp3) is 0.0323. The first-order chi connectivity index (χ1) is 15.3. The summed E-state index contributed by atoms with van der Waals surface area (Å²) in [5, 5.41) is 0. The molecule has 5 aromatic carbocycles. The molecule has 0 fully saturated rings. The van der Waals surface area contributed by atoms with E-state index in [2.05, 4.69) is 134 Å². The predicted octanol–water partition coefficient (Wildman–Crippen LogP) is 8.66. The second-order valence-corrected chi connectivity index (χ2v) is 7.91. The van der Waals surface area contributed by atoms with Crippen molar-refractivity contribution < 1.29 is 0 Å². The molecule has 31 heavy (non-hydrogen) atoms. The maximum atomic E-state index is 2.34. The van der Waals surface area contributed by atoms with E-state index in [4.69, 9.17) is 0 Å². The number of rotatable bonds is 4. The van der Waals surface area contributed by atoms with Gasteiger partial charge >= 0.3 is 0 Å². The maximum absolute atomic E-state index is 2.34. The molecule has 0 saturated carbocycles. The molecule has 0 atom stereocenters. The molecule has 5 aromatic rings. The van der Waals surface area contributed by atoms with Gasteiger partial charge < -0.3 is 0 Å². The highest BCUT2D eigenvalue weighted by Crippen LogP contribution is 2.43. The molecule has 0 radical (unpaired) electrons. The van der Waals surface area contributed by atoms with Crippen LogP contribution in [0, 0.1) is 6.92 Å². The summed E-state index contributed by atoms with van der Waals surface area (Å²) >= 11 is 0. The molecule has 0 heteroatoms. The molecule has 0 bridgehead atoms. The fourth-order valence-electron chi connectivity index (χ4n) is 4.16. The molecule has 0 heterocycles. The van der Waals surface area contributed by atoms with Crippen LogP contribution in [0.3, 0.4) is 0 Å². The van der Waals surface area contributed by atoms with Gasteiger partial charge in [0.1, 0.15) is 0 Å². The van der Waals surface area contributed by atoms with Crippen molar-refractivity contribution in [3.05, 3.63) is 133 Å². The van der Waals surface area contributed by atoms with Gasteiger partial charge in [0, 0.05) is 0 Å². The van der Waals surface area contributed by atoms with Gasteiger partial charge in [-0.3, -0.25) is 0 Å². The molecular formula is C31H24. The second kappa shape index (κ2) is 8.45. The van der Waals surface area contributed by atoms with Gasteiger partial charge in [-0.2, -0.15) is 0 Å². The molecular weight excluding hydrogens is 372 g/mol. The summed E-state index contributed by atoms with van der Waals surface area (Å²) < 4.78 is 0. The van der Waals surface area contributed by atoms with Gasteiger partial charge in [0.15, 0.2) is 0 Å². The van der Waals surface area contributed by atoms with Crippen molar-refractivity contribution in [2.45, 2.75) is 6.92 Å². The van der Waals surface area contributed by atoms with E-state index in [1.165, 1.54) is 50.1 Å². The lowest BCUT2D eigenvalue weighted by atomic mass is 9.84. The largest absolute Gasteiger partial charge is 0.0622 e. The molecule has 0 saturated heterocycles. The summed E-state index contributed by atoms with van der Waals surface area (Å²) in [6.45, 7) is 2.13. The Morgan fingerprint density at radius 2 is 0.774 bits per heavy atom. The van der Waals surface area contributed by atoms with Crippen LogP contribution in [0.15, 0.2) is 127 Å². The van der Waals surface area contributed by atoms with Gasteiger partial charge in [-0.1, -0.05) is 121 Å². The highest BCUT2D eigenvalue weighted by molar-refractivity contribution is 5.97. The van der Waals surface area contributed by atoms with Crippen molar-refractivity contribution >= 4 is 0 Å². The van der Waals surface area contributed by atoms with Gasteiger partial charge in [0.25, 0.3) is 0 Å². The zero-order valence-electron chi connectivity index (χ0n) is 17.6. The standard InChI is InChI=1S/C31H24/c1-23-17-19-24(20-18-23)28-21-29(25-11-5-2-6-12-25)31(27-15-9-4-10-16-27)30(22-28)26-13-7-3-8-14-26/h2-22H,1H3. The minimum atomic E-state index is 1.23. The van der Waals surface area contributed by atoms with Gasteiger partial charge in [-0.05, 0) is 63.6 Å². The Labute approximate surface area is 184 Å². The molecule has 0 unspecified atom stereocenters. The maximum Gasteiger partial charge on any atom is -0.00264 e. The first-order valence-corrected chi connectivity index (χ1v) is 10.7. The number of hydrogen-bond donors (Lipinski definition) is 0. The van der Waals surface area contributed by atoms with E-state index in [9.17, 15) is 0 Å². The highest BCUT2D eigenvalue weighted by Gasteiger charge is 2.16. The van der Waals surface area contributed by atoms with Crippen LogP contribution < -0.4 is 0 Å². The first kappa shape index (κ1) is 19.1. The van der Waals surface area contributed by atoms with Gasteiger partial charge in [-0.15, -0.1) is 0 Å². The topological polar surface area (TPSA) is 0 Å². The van der Waals surface area contributed by atoms with Crippen LogP contribution in [0.4, 0.5) is 0 Å². The van der Waals surface area contributed by atoms with Crippen molar-refractivity contribution in [3.8, 4) is 44.5 Å². The summed E-state index contributed by atoms with van der Waals surface area (Å²) in [6, 6.07) is 45.7. The number of hydrogen-bond acceptors (Lipinski definition) is 0. The summed E-state index contributed by atoms with van der Waals surface area (Å²) in [5.74, 6) is 0. The van der Waals surface area contributed by atoms with Gasteiger partial charge in [0.05, 0.1) is 0 Å². The van der Waals surface area contributed by atoms with Gasteiger partial charge in [-0.25, -0.2) is 0 Å². The molecule has 0 nitrogen and oxygen atoms in total. The third-order valence-electron chi connectivity index (χ3n) is 5.76. The van der Waals surface area contributed by atoms with Crippen molar-refractivity contribution in [1.29, 1.82) is 0 Å². The zero-order valence-corrected chi connectivity index (χ0v) is 17.6. The molecule has 0 N–H and O–H groups in total. The summed E-state index contributed by atoms with van der Waals surface area (Å²) in [4.78, 5) is 0. The average Bonchev–Trinajstić information content (AvgIpc) is 2.85. The second-order valence-electron chi connectivity index (χ2n) is 7.91. The van der Waals surface area contributed by atoms with Crippen molar-refractivity contribution in [3.63, 3.8) is 0 Å². The molecule has 5 rings (SSSR count). The molecule has 0 aliphatic rings. The third kappa shape index (κ3) is 3.93. The van der Waals surface area contributed by atoms with Crippen LogP contribution in [-0.4, -0.2) is 0 Å². The molecule has 0 aliphatic heterocycles. The molecule has 0 aliphatic carbocycles. The number of aryl methyl sites for hydroxylation is 1. The average molecular weight is 397 g/mol. The van der Waals surface area contributed by atoms with Crippen LogP contribution in [-0.2, 0) is 0 Å². The predicted molar refractivity (Wildman–Crippen MR) is 133 cm³/mol. The van der Waals surface area contributed by atoms with E-state index in [1.807, 2.05) is 0 Å². The van der Waals surface area contributed by atoms with E-state index in [-0.39, 0.29) is 0 Å². The first-order valence-electron chi connectivity index (χ1n) is 10.7. The third-order valence-corrected chi connectivity index (χ3v) is 5.76. The van der Waals surface area contributed by atoms with Crippen LogP contribution in [0.2, 0.25) is 0 Å². The van der Waals surface area contributed by atoms with Crippen molar-refractivity contribution in [1.82, 2.24) is 0 Å². The van der Waals surface area contributed by atoms with E-state index >= 15 is 0 Å². The Bertz CT molecular complexity index is 1220. The van der Waals surface area contributed by atoms with Crippen LogP contribution >= 0.6 is 0 Å². The monoisotopic (exact) mass is 396 g/mol. The lowest BCUT2D eigenvalue weighted by Gasteiger charge is -2.19. The molecule has 0 aromatic heterocycles. The van der Waals surface area contributed by atoms with Crippen LogP contribution in [0.5, 0.6) is 0 Å². The lowest BCUT2D eigenvalue weighted by Crippen LogP contribution is -1.93. The van der Waals surface area contributed by atoms with E-state index in [0.717, 1.165) is 0 Å². The zero-order chi connectivity index (χ0) is 21.0. The van der Waals surface area contributed by atoms with Gasteiger partial charge in [0.2, 0.25) is 0 Å². The summed E-state index contributed by atoms with van der Waals surface area (Å²) in [7, 11) is 0. The highest BCUT2D eigenvalue weighted by atomic mass is 14.2. The Morgan fingerprint density at radius 3 is 1.23 bits per heavy atom. The van der Waals surface area contributed by atoms with Crippen molar-refractivity contribution in [2.24, 2.45) is 0 Å². The molecule has 148 valence electrons. The number of benzene rings is 5. The molecule has 0 spiro atoms. The Morgan fingerprint density at radius 1 is 0.355 bits per heavy atom. The minimum absolute atomic E-state index is 1.23. The lowest BCUT2D eigenvalue weighted by molar-refractivity contribution is 1.47. The Kier molecular flexibility index (Phi) is 5.21.